The van der Waals surface area contributed by atoms with Crippen molar-refractivity contribution in [2.75, 3.05) is 18.1 Å². The molecule has 24 heavy (non-hydrogen) atoms. The smallest absolute Gasteiger partial charge is 0.261 e. The van der Waals surface area contributed by atoms with Gasteiger partial charge in [0.15, 0.2) is 5.13 Å². The summed E-state index contributed by atoms with van der Waals surface area (Å²) in [4.78, 5) is 41.9. The Morgan fingerprint density at radius 1 is 1.25 bits per heavy atom. The molecule has 124 valence electrons. The maximum atomic E-state index is 12.2. The lowest BCUT2D eigenvalue weighted by Crippen LogP contribution is -2.32. The molecule has 3 amide bonds. The first-order chi connectivity index (χ1) is 11.6. The van der Waals surface area contributed by atoms with Crippen LogP contribution >= 0.6 is 23.1 Å². The molecule has 0 fully saturated rings. The molecule has 0 bridgehead atoms. The van der Waals surface area contributed by atoms with Crippen LogP contribution in [0.4, 0.5) is 5.13 Å². The van der Waals surface area contributed by atoms with E-state index in [-0.39, 0.29) is 30.7 Å². The molecule has 3 rings (SSSR count). The van der Waals surface area contributed by atoms with Crippen LogP contribution in [0.25, 0.3) is 0 Å². The number of nitrogens with zero attached hydrogens (tertiary/aromatic N) is 2. The number of thioether (sulfide) groups is 1. The van der Waals surface area contributed by atoms with Crippen LogP contribution in [0.3, 0.4) is 0 Å². The Morgan fingerprint density at radius 2 is 1.92 bits per heavy atom. The van der Waals surface area contributed by atoms with E-state index in [9.17, 15) is 14.4 Å². The van der Waals surface area contributed by atoms with Crippen LogP contribution in [0.5, 0.6) is 0 Å². The third kappa shape index (κ3) is 3.34. The standard InChI is InChI=1S/C16H15N3O3S2/c1-23-8-10-9-24-16(17-10)18-13(20)6-7-19-14(21)11-4-2-3-5-12(11)15(19)22/h2-5,9H,6-8H2,1H3,(H,17,18,20). The zero-order valence-electron chi connectivity index (χ0n) is 12.9. The Bertz CT molecular complexity index is 768. The maximum Gasteiger partial charge on any atom is 0.261 e. The molecule has 0 spiro atoms. The molecule has 0 radical (unpaired) electrons. The summed E-state index contributed by atoms with van der Waals surface area (Å²) in [7, 11) is 0. The highest BCUT2D eigenvalue weighted by atomic mass is 32.2. The number of thiazole rings is 1. The summed E-state index contributed by atoms with van der Waals surface area (Å²) in [5, 5.41) is 5.14. The van der Waals surface area contributed by atoms with Gasteiger partial charge in [-0.1, -0.05) is 12.1 Å². The Balaban J connectivity index is 1.57. The Labute approximate surface area is 147 Å². The lowest BCUT2D eigenvalue weighted by Gasteiger charge is -2.12. The number of benzene rings is 1. The number of carbonyl (C=O) groups excluding carboxylic acids is 3. The SMILES string of the molecule is CSCc1csc(NC(=O)CCN2C(=O)c3ccccc3C2=O)n1. The first kappa shape index (κ1) is 16.7. The van der Waals surface area contributed by atoms with Gasteiger partial charge in [0.25, 0.3) is 11.8 Å². The van der Waals surface area contributed by atoms with Gasteiger partial charge < -0.3 is 5.32 Å². The van der Waals surface area contributed by atoms with E-state index in [2.05, 4.69) is 10.3 Å². The summed E-state index contributed by atoms with van der Waals surface area (Å²) in [5.41, 5.74) is 1.71. The summed E-state index contributed by atoms with van der Waals surface area (Å²) < 4.78 is 0. The number of rotatable bonds is 6. The summed E-state index contributed by atoms with van der Waals surface area (Å²) in [6.07, 6.45) is 2.03. The van der Waals surface area contributed by atoms with Crippen molar-refractivity contribution < 1.29 is 14.4 Å². The Kier molecular flexibility index (Phi) is 4.96. The van der Waals surface area contributed by atoms with E-state index < -0.39 is 0 Å². The van der Waals surface area contributed by atoms with Crippen LogP contribution < -0.4 is 5.32 Å². The van der Waals surface area contributed by atoms with Gasteiger partial charge in [0.2, 0.25) is 5.91 Å². The second kappa shape index (κ2) is 7.14. The molecule has 1 aromatic carbocycles. The summed E-state index contributed by atoms with van der Waals surface area (Å²) in [6.45, 7) is 0.0568. The van der Waals surface area contributed by atoms with E-state index in [1.54, 1.807) is 36.0 Å². The molecule has 0 saturated heterocycles. The molecule has 0 aliphatic carbocycles. The van der Waals surface area contributed by atoms with Gasteiger partial charge in [0.1, 0.15) is 0 Å². The van der Waals surface area contributed by atoms with Gasteiger partial charge in [0, 0.05) is 24.1 Å². The third-order valence-electron chi connectivity index (χ3n) is 3.53. The number of hydrogen-bond donors (Lipinski definition) is 1. The number of aromatic nitrogens is 1. The van der Waals surface area contributed by atoms with Gasteiger partial charge in [-0.25, -0.2) is 4.98 Å². The summed E-state index contributed by atoms with van der Waals surface area (Å²) in [6, 6.07) is 6.68. The van der Waals surface area contributed by atoms with Crippen LogP contribution in [0.2, 0.25) is 0 Å². The second-order valence-corrected chi connectivity index (χ2v) is 6.91. The molecule has 2 heterocycles. The number of nitrogens with one attached hydrogen (secondary N) is 1. The second-order valence-electron chi connectivity index (χ2n) is 5.18. The fourth-order valence-corrected chi connectivity index (χ4v) is 3.69. The molecule has 8 heteroatoms. The van der Waals surface area contributed by atoms with Gasteiger partial charge in [0.05, 0.1) is 16.8 Å². The summed E-state index contributed by atoms with van der Waals surface area (Å²) >= 11 is 3.02. The van der Waals surface area contributed by atoms with E-state index in [0.29, 0.717) is 16.3 Å². The molecule has 0 saturated carbocycles. The molecule has 1 aromatic heterocycles. The van der Waals surface area contributed by atoms with Crippen molar-refractivity contribution in [3.8, 4) is 0 Å². The molecule has 1 aliphatic heterocycles. The highest BCUT2D eigenvalue weighted by molar-refractivity contribution is 7.97. The number of hydrogen-bond acceptors (Lipinski definition) is 6. The van der Waals surface area contributed by atoms with Crippen molar-refractivity contribution in [3.63, 3.8) is 0 Å². The maximum absolute atomic E-state index is 12.2. The fourth-order valence-electron chi connectivity index (χ4n) is 2.42. The van der Waals surface area contributed by atoms with Crippen molar-refractivity contribution in [3.05, 3.63) is 46.5 Å². The molecule has 0 atom stereocenters. The van der Waals surface area contributed by atoms with Crippen molar-refractivity contribution in [1.82, 2.24) is 9.88 Å². The Hall–Kier alpha value is -2.19. The van der Waals surface area contributed by atoms with E-state index in [1.165, 1.54) is 11.3 Å². The highest BCUT2D eigenvalue weighted by Gasteiger charge is 2.34. The van der Waals surface area contributed by atoms with Crippen molar-refractivity contribution in [2.24, 2.45) is 0 Å². The largest absolute Gasteiger partial charge is 0.302 e. The number of imide groups is 1. The predicted octanol–water partition coefficient (Wildman–Crippen LogP) is 2.63. The van der Waals surface area contributed by atoms with Gasteiger partial charge >= 0.3 is 0 Å². The predicted molar refractivity (Wildman–Crippen MR) is 94.4 cm³/mol. The average Bonchev–Trinajstić information content (AvgIpc) is 3.10. The van der Waals surface area contributed by atoms with Gasteiger partial charge in [-0.3, -0.25) is 19.3 Å². The number of fused-ring (bicyclic) bond motifs is 1. The highest BCUT2D eigenvalue weighted by Crippen LogP contribution is 2.23. The number of anilines is 1. The number of amides is 3. The molecular weight excluding hydrogens is 346 g/mol. The van der Waals surface area contributed by atoms with Gasteiger partial charge in [-0.2, -0.15) is 11.8 Å². The molecule has 6 nitrogen and oxygen atoms in total. The molecule has 1 N–H and O–H groups in total. The van der Waals surface area contributed by atoms with E-state index in [0.717, 1.165) is 16.3 Å². The molecule has 1 aliphatic rings. The van der Waals surface area contributed by atoms with Crippen molar-refractivity contribution in [1.29, 1.82) is 0 Å². The summed E-state index contributed by atoms with van der Waals surface area (Å²) in [5.74, 6) is -0.169. The van der Waals surface area contributed by atoms with Crippen LogP contribution in [0, 0.1) is 0 Å². The number of carbonyl (C=O) groups is 3. The normalized spacial score (nSPS) is 13.3. The minimum Gasteiger partial charge on any atom is -0.302 e. The van der Waals surface area contributed by atoms with Crippen molar-refractivity contribution in [2.45, 2.75) is 12.2 Å². The molecular formula is C16H15N3O3S2. The molecule has 0 unspecified atom stereocenters. The Morgan fingerprint density at radius 3 is 2.54 bits per heavy atom. The van der Waals surface area contributed by atoms with Crippen LogP contribution in [-0.2, 0) is 10.5 Å². The van der Waals surface area contributed by atoms with Crippen LogP contribution in [0.15, 0.2) is 29.6 Å². The van der Waals surface area contributed by atoms with Crippen LogP contribution in [0.1, 0.15) is 32.8 Å². The van der Waals surface area contributed by atoms with E-state index in [4.69, 9.17) is 0 Å². The molecule has 2 aromatic rings. The lowest BCUT2D eigenvalue weighted by molar-refractivity contribution is -0.116. The zero-order valence-corrected chi connectivity index (χ0v) is 14.6. The zero-order chi connectivity index (χ0) is 17.1. The third-order valence-corrected chi connectivity index (χ3v) is 4.92. The lowest BCUT2D eigenvalue weighted by atomic mass is 10.1. The monoisotopic (exact) mass is 361 g/mol. The van der Waals surface area contributed by atoms with Gasteiger partial charge in [-0.05, 0) is 18.4 Å². The van der Waals surface area contributed by atoms with E-state index >= 15 is 0 Å². The van der Waals surface area contributed by atoms with Gasteiger partial charge in [-0.15, -0.1) is 11.3 Å². The quantitative estimate of drug-likeness (QED) is 0.800. The fraction of sp³-hybridized carbons (Fsp3) is 0.250. The first-order valence-electron chi connectivity index (χ1n) is 7.28. The minimum absolute atomic E-state index is 0.0446. The topological polar surface area (TPSA) is 79.4 Å². The first-order valence-corrected chi connectivity index (χ1v) is 9.56. The minimum atomic E-state index is -0.347. The average molecular weight is 361 g/mol. The van der Waals surface area contributed by atoms with Crippen LogP contribution in [-0.4, -0.2) is 40.4 Å². The van der Waals surface area contributed by atoms with Crippen molar-refractivity contribution >= 4 is 46.0 Å². The van der Waals surface area contributed by atoms with E-state index in [1.807, 2.05) is 11.6 Å².